The lowest BCUT2D eigenvalue weighted by atomic mass is 10.0. The van der Waals surface area contributed by atoms with Crippen LogP contribution >= 0.6 is 11.3 Å². The van der Waals surface area contributed by atoms with Gasteiger partial charge in [-0.2, -0.15) is 4.31 Å². The molecule has 3 heterocycles. The van der Waals surface area contributed by atoms with E-state index in [0.717, 1.165) is 19.3 Å². The number of rotatable bonds is 2. The van der Waals surface area contributed by atoms with E-state index in [0.29, 0.717) is 26.1 Å². The zero-order valence-electron chi connectivity index (χ0n) is 12.1. The molecule has 21 heavy (non-hydrogen) atoms. The normalized spacial score (nSPS) is 23.9. The van der Waals surface area contributed by atoms with Gasteiger partial charge < -0.3 is 4.90 Å². The summed E-state index contributed by atoms with van der Waals surface area (Å²) in [5.74, 6) is -0.0306. The van der Waals surface area contributed by atoms with Gasteiger partial charge in [0.15, 0.2) is 0 Å². The van der Waals surface area contributed by atoms with Crippen LogP contribution in [0.15, 0.2) is 11.4 Å². The lowest BCUT2D eigenvalue weighted by Crippen LogP contribution is -2.53. The van der Waals surface area contributed by atoms with Gasteiger partial charge in [-0.15, -0.1) is 11.3 Å². The molecule has 0 radical (unpaired) electrons. The number of amides is 1. The topological polar surface area (TPSA) is 57.7 Å². The van der Waals surface area contributed by atoms with Crippen molar-refractivity contribution in [1.29, 1.82) is 0 Å². The number of hydrogen-bond donors (Lipinski definition) is 0. The molecule has 2 aliphatic rings. The highest BCUT2D eigenvalue weighted by Gasteiger charge is 2.37. The van der Waals surface area contributed by atoms with E-state index in [-0.39, 0.29) is 5.91 Å². The van der Waals surface area contributed by atoms with Crippen LogP contribution in [0.2, 0.25) is 0 Å². The Kier molecular flexibility index (Phi) is 4.07. The summed E-state index contributed by atoms with van der Waals surface area (Å²) in [4.78, 5) is 15.9. The Bertz CT molecular complexity index is 638. The molecule has 1 amide bonds. The molecule has 1 atom stereocenters. The van der Waals surface area contributed by atoms with Crippen molar-refractivity contribution in [2.45, 2.75) is 38.3 Å². The quantitative estimate of drug-likeness (QED) is 0.825. The number of piperidine rings is 1. The van der Waals surface area contributed by atoms with Crippen LogP contribution in [0.5, 0.6) is 0 Å². The van der Waals surface area contributed by atoms with Crippen molar-refractivity contribution in [2.24, 2.45) is 0 Å². The fraction of sp³-hybridized carbons (Fsp3) is 0.643. The molecule has 0 aliphatic carbocycles. The van der Waals surface area contributed by atoms with Gasteiger partial charge in [0.25, 0.3) is 0 Å². The third kappa shape index (κ3) is 3.00. The van der Waals surface area contributed by atoms with Gasteiger partial charge in [0.05, 0.1) is 6.26 Å². The first kappa shape index (κ1) is 15.0. The second-order valence-electron chi connectivity index (χ2n) is 5.76. The maximum Gasteiger partial charge on any atom is 0.241 e. The van der Waals surface area contributed by atoms with Crippen LogP contribution in [0, 0.1) is 0 Å². The van der Waals surface area contributed by atoms with Gasteiger partial charge >= 0.3 is 0 Å². The summed E-state index contributed by atoms with van der Waals surface area (Å²) >= 11 is 1.74. The molecule has 0 unspecified atom stereocenters. The Morgan fingerprint density at radius 2 is 2.14 bits per heavy atom. The predicted molar refractivity (Wildman–Crippen MR) is 82.6 cm³/mol. The van der Waals surface area contributed by atoms with Crippen LogP contribution in [0.4, 0.5) is 0 Å². The molecule has 1 aromatic heterocycles. The average Bonchev–Trinajstić information content (AvgIpc) is 2.93. The number of fused-ring (bicyclic) bond motifs is 1. The molecule has 0 N–H and O–H groups in total. The number of hydrogen-bond acceptors (Lipinski definition) is 4. The molecule has 2 aliphatic heterocycles. The van der Waals surface area contributed by atoms with Gasteiger partial charge in [0.1, 0.15) is 6.04 Å². The zero-order valence-corrected chi connectivity index (χ0v) is 13.8. The Hall–Kier alpha value is -0.920. The fourth-order valence-corrected chi connectivity index (χ4v) is 5.20. The third-order valence-corrected chi connectivity index (χ3v) is 6.60. The molecule has 1 fully saturated rings. The minimum absolute atomic E-state index is 0.0306. The zero-order chi connectivity index (χ0) is 15.0. The molecule has 116 valence electrons. The van der Waals surface area contributed by atoms with E-state index < -0.39 is 16.1 Å². The molecule has 5 nitrogen and oxygen atoms in total. The second kappa shape index (κ2) is 5.70. The van der Waals surface area contributed by atoms with Crippen molar-refractivity contribution in [2.75, 3.05) is 19.3 Å². The molecule has 1 aromatic rings. The largest absolute Gasteiger partial charge is 0.337 e. The lowest BCUT2D eigenvalue weighted by Gasteiger charge is -2.37. The van der Waals surface area contributed by atoms with Crippen molar-refractivity contribution in [1.82, 2.24) is 9.21 Å². The second-order valence-corrected chi connectivity index (χ2v) is 8.70. The van der Waals surface area contributed by atoms with Gasteiger partial charge in [-0.05, 0) is 36.3 Å². The molecule has 3 rings (SSSR count). The van der Waals surface area contributed by atoms with Crippen molar-refractivity contribution in [3.63, 3.8) is 0 Å². The van der Waals surface area contributed by atoms with E-state index in [1.807, 2.05) is 4.90 Å². The molecule has 0 aromatic carbocycles. The summed E-state index contributed by atoms with van der Waals surface area (Å²) in [6, 6.07) is 1.56. The average molecular weight is 328 g/mol. The summed E-state index contributed by atoms with van der Waals surface area (Å²) in [7, 11) is -3.32. The summed E-state index contributed by atoms with van der Waals surface area (Å²) < 4.78 is 25.2. The Balaban J connectivity index is 1.78. The van der Waals surface area contributed by atoms with E-state index >= 15 is 0 Å². The summed E-state index contributed by atoms with van der Waals surface area (Å²) in [5, 5.41) is 2.06. The van der Waals surface area contributed by atoms with E-state index in [2.05, 4.69) is 11.4 Å². The maximum atomic E-state index is 12.8. The van der Waals surface area contributed by atoms with E-state index in [1.165, 1.54) is 21.0 Å². The van der Waals surface area contributed by atoms with Gasteiger partial charge in [-0.25, -0.2) is 8.42 Å². The SMILES string of the molecule is CS(=O)(=O)N1CCCC[C@@H]1C(=O)N1CCc2sccc2C1. The van der Waals surface area contributed by atoms with E-state index in [9.17, 15) is 13.2 Å². The van der Waals surface area contributed by atoms with Crippen LogP contribution in [0.3, 0.4) is 0 Å². The van der Waals surface area contributed by atoms with Crippen molar-refractivity contribution < 1.29 is 13.2 Å². The van der Waals surface area contributed by atoms with Crippen molar-refractivity contribution in [3.8, 4) is 0 Å². The predicted octanol–water partition coefficient (Wildman–Crippen LogP) is 1.45. The molecule has 0 saturated carbocycles. The number of nitrogens with zero attached hydrogens (tertiary/aromatic N) is 2. The standard InChI is InChI=1S/C14H20N2O3S2/c1-21(18,19)16-7-3-2-4-12(16)14(17)15-8-5-13-11(10-15)6-9-20-13/h6,9,12H,2-5,7-8,10H2,1H3/t12-/m1/s1. The highest BCUT2D eigenvalue weighted by Crippen LogP contribution is 2.27. The molecule has 1 saturated heterocycles. The first-order chi connectivity index (χ1) is 9.97. The van der Waals surface area contributed by atoms with Crippen molar-refractivity contribution >= 4 is 27.3 Å². The maximum absolute atomic E-state index is 12.8. The number of thiophene rings is 1. The fourth-order valence-electron chi connectivity index (χ4n) is 3.20. The summed E-state index contributed by atoms with van der Waals surface area (Å²) in [6.45, 7) is 1.78. The number of carbonyl (C=O) groups is 1. The van der Waals surface area contributed by atoms with E-state index in [1.54, 1.807) is 11.3 Å². The third-order valence-electron chi connectivity index (χ3n) is 4.28. The number of sulfonamides is 1. The molecule has 0 bridgehead atoms. The first-order valence-electron chi connectivity index (χ1n) is 7.27. The smallest absolute Gasteiger partial charge is 0.241 e. The minimum atomic E-state index is -3.32. The van der Waals surface area contributed by atoms with Crippen LogP contribution in [0.25, 0.3) is 0 Å². The van der Waals surface area contributed by atoms with E-state index in [4.69, 9.17) is 0 Å². The van der Waals surface area contributed by atoms with Crippen LogP contribution < -0.4 is 0 Å². The van der Waals surface area contributed by atoms with Crippen molar-refractivity contribution in [3.05, 3.63) is 21.9 Å². The van der Waals surface area contributed by atoms with Gasteiger partial charge in [0.2, 0.25) is 15.9 Å². The molecule has 7 heteroatoms. The van der Waals surface area contributed by atoms with Crippen LogP contribution in [0.1, 0.15) is 29.7 Å². The summed E-state index contributed by atoms with van der Waals surface area (Å²) in [5.41, 5.74) is 1.21. The summed E-state index contributed by atoms with van der Waals surface area (Å²) in [6.07, 6.45) is 4.47. The first-order valence-corrected chi connectivity index (χ1v) is 10.0. The van der Waals surface area contributed by atoms with Crippen LogP contribution in [-0.2, 0) is 27.8 Å². The van der Waals surface area contributed by atoms with Gasteiger partial charge in [-0.1, -0.05) is 6.42 Å². The van der Waals surface area contributed by atoms with Gasteiger partial charge in [-0.3, -0.25) is 4.79 Å². The minimum Gasteiger partial charge on any atom is -0.337 e. The molecular formula is C14H20N2O3S2. The van der Waals surface area contributed by atoms with Gasteiger partial charge in [0, 0.05) is 24.5 Å². The Morgan fingerprint density at radius 1 is 1.33 bits per heavy atom. The molecule has 0 spiro atoms. The van der Waals surface area contributed by atoms with Crippen LogP contribution in [-0.4, -0.2) is 48.9 Å². The monoisotopic (exact) mass is 328 g/mol. The number of carbonyl (C=O) groups excluding carboxylic acids is 1. The highest BCUT2D eigenvalue weighted by molar-refractivity contribution is 7.88. The highest BCUT2D eigenvalue weighted by atomic mass is 32.2. The molecular weight excluding hydrogens is 308 g/mol. The lowest BCUT2D eigenvalue weighted by molar-refractivity contribution is -0.137. The Morgan fingerprint density at radius 3 is 2.90 bits per heavy atom. The Labute approximate surface area is 129 Å².